The molecule has 0 spiro atoms. The number of benzene rings is 1. The van der Waals surface area contributed by atoms with Gasteiger partial charge in [0, 0.05) is 0 Å². The number of aliphatic hydroxyl groups is 2. The standard InChI is InChI=1S/C13H20O2/c1-3-4-10-12(14)13(2,15)11-8-6-5-7-9-11/h5-9,12,14-15H,3-4,10H2,1-2H3/t12-,13+/m1/s1. The summed E-state index contributed by atoms with van der Waals surface area (Å²) in [6.07, 6.45) is 1.91. The molecule has 15 heavy (non-hydrogen) atoms. The van der Waals surface area contributed by atoms with Crippen LogP contribution in [-0.2, 0) is 5.60 Å². The van der Waals surface area contributed by atoms with Crippen LogP contribution < -0.4 is 0 Å². The summed E-state index contributed by atoms with van der Waals surface area (Å²) in [5.41, 5.74) is -0.371. The molecular formula is C13H20O2. The van der Waals surface area contributed by atoms with Gasteiger partial charge in [0.25, 0.3) is 0 Å². The first-order chi connectivity index (χ1) is 7.09. The summed E-state index contributed by atoms with van der Waals surface area (Å²) in [6, 6.07) is 9.33. The Balaban J connectivity index is 2.73. The van der Waals surface area contributed by atoms with Crippen LogP contribution in [0.15, 0.2) is 30.3 Å². The zero-order chi connectivity index (χ0) is 11.3. The molecule has 0 aliphatic rings. The fraction of sp³-hybridized carbons (Fsp3) is 0.538. The molecule has 0 aromatic heterocycles. The molecule has 84 valence electrons. The monoisotopic (exact) mass is 208 g/mol. The Morgan fingerprint density at radius 2 is 1.87 bits per heavy atom. The highest BCUT2D eigenvalue weighted by Gasteiger charge is 2.31. The molecule has 0 saturated carbocycles. The Bertz CT molecular complexity index is 280. The highest BCUT2D eigenvalue weighted by molar-refractivity contribution is 5.22. The van der Waals surface area contributed by atoms with Crippen molar-refractivity contribution in [2.45, 2.75) is 44.8 Å². The van der Waals surface area contributed by atoms with Gasteiger partial charge >= 0.3 is 0 Å². The van der Waals surface area contributed by atoms with Gasteiger partial charge in [-0.15, -0.1) is 0 Å². The van der Waals surface area contributed by atoms with E-state index in [0.717, 1.165) is 18.4 Å². The minimum Gasteiger partial charge on any atom is -0.390 e. The maximum absolute atomic E-state index is 10.2. The molecule has 1 aromatic rings. The van der Waals surface area contributed by atoms with Crippen LogP contribution in [0, 0.1) is 0 Å². The van der Waals surface area contributed by atoms with Crippen LogP contribution in [0.5, 0.6) is 0 Å². The van der Waals surface area contributed by atoms with Crippen molar-refractivity contribution >= 4 is 0 Å². The molecule has 2 atom stereocenters. The molecule has 0 aliphatic carbocycles. The largest absolute Gasteiger partial charge is 0.390 e. The first-order valence-corrected chi connectivity index (χ1v) is 5.55. The van der Waals surface area contributed by atoms with E-state index < -0.39 is 11.7 Å². The summed E-state index contributed by atoms with van der Waals surface area (Å²) < 4.78 is 0. The molecule has 1 aromatic carbocycles. The molecule has 0 saturated heterocycles. The zero-order valence-corrected chi connectivity index (χ0v) is 9.48. The fourth-order valence-electron chi connectivity index (χ4n) is 1.65. The minimum absolute atomic E-state index is 0.637. The van der Waals surface area contributed by atoms with E-state index in [1.165, 1.54) is 0 Å². The molecule has 0 radical (unpaired) electrons. The van der Waals surface area contributed by atoms with E-state index in [1.54, 1.807) is 6.92 Å². The highest BCUT2D eigenvalue weighted by atomic mass is 16.3. The number of aliphatic hydroxyl groups excluding tert-OH is 1. The van der Waals surface area contributed by atoms with E-state index >= 15 is 0 Å². The molecular weight excluding hydrogens is 188 g/mol. The Morgan fingerprint density at radius 3 is 2.40 bits per heavy atom. The quantitative estimate of drug-likeness (QED) is 0.780. The van der Waals surface area contributed by atoms with E-state index in [1.807, 2.05) is 30.3 Å². The van der Waals surface area contributed by atoms with Crippen molar-refractivity contribution in [3.05, 3.63) is 35.9 Å². The second-order valence-electron chi connectivity index (χ2n) is 4.17. The summed E-state index contributed by atoms with van der Waals surface area (Å²) in [4.78, 5) is 0. The Labute approximate surface area is 91.6 Å². The van der Waals surface area contributed by atoms with Gasteiger partial charge in [0.05, 0.1) is 6.10 Å². The summed E-state index contributed by atoms with van der Waals surface area (Å²) >= 11 is 0. The van der Waals surface area contributed by atoms with E-state index in [4.69, 9.17) is 0 Å². The van der Waals surface area contributed by atoms with Crippen LogP contribution in [0.2, 0.25) is 0 Å². The smallest absolute Gasteiger partial charge is 0.113 e. The molecule has 0 heterocycles. The third kappa shape index (κ3) is 3.05. The normalized spacial score (nSPS) is 17.1. The first-order valence-electron chi connectivity index (χ1n) is 5.55. The summed E-state index contributed by atoms with van der Waals surface area (Å²) in [5.74, 6) is 0. The maximum atomic E-state index is 10.2. The predicted molar refractivity (Wildman–Crippen MR) is 61.5 cm³/mol. The summed E-state index contributed by atoms with van der Waals surface area (Å²) in [6.45, 7) is 3.74. The molecule has 2 heteroatoms. The molecule has 1 rings (SSSR count). The number of hydrogen-bond donors (Lipinski definition) is 2. The van der Waals surface area contributed by atoms with Crippen molar-refractivity contribution in [3.63, 3.8) is 0 Å². The van der Waals surface area contributed by atoms with E-state index in [2.05, 4.69) is 6.92 Å². The number of hydrogen-bond acceptors (Lipinski definition) is 2. The Kier molecular flexibility index (Phi) is 4.30. The molecule has 0 amide bonds. The average Bonchev–Trinajstić information content (AvgIpc) is 2.27. The topological polar surface area (TPSA) is 40.5 Å². The van der Waals surface area contributed by atoms with E-state index in [0.29, 0.717) is 6.42 Å². The van der Waals surface area contributed by atoms with Gasteiger partial charge in [0.15, 0.2) is 0 Å². The van der Waals surface area contributed by atoms with Crippen LogP contribution in [0.3, 0.4) is 0 Å². The van der Waals surface area contributed by atoms with Crippen molar-refractivity contribution in [1.82, 2.24) is 0 Å². The van der Waals surface area contributed by atoms with Crippen molar-refractivity contribution in [3.8, 4) is 0 Å². The number of rotatable bonds is 5. The van der Waals surface area contributed by atoms with Crippen molar-refractivity contribution in [2.75, 3.05) is 0 Å². The van der Waals surface area contributed by atoms with Crippen LogP contribution in [0.1, 0.15) is 38.7 Å². The lowest BCUT2D eigenvalue weighted by atomic mass is 9.87. The molecule has 0 aliphatic heterocycles. The summed E-state index contributed by atoms with van der Waals surface area (Å²) in [7, 11) is 0. The van der Waals surface area contributed by atoms with Gasteiger partial charge in [-0.2, -0.15) is 0 Å². The van der Waals surface area contributed by atoms with Crippen molar-refractivity contribution in [2.24, 2.45) is 0 Å². The lowest BCUT2D eigenvalue weighted by molar-refractivity contribution is -0.0708. The second-order valence-corrected chi connectivity index (χ2v) is 4.17. The molecule has 0 unspecified atom stereocenters. The second kappa shape index (κ2) is 5.29. The van der Waals surface area contributed by atoms with Crippen LogP contribution in [0.25, 0.3) is 0 Å². The molecule has 2 nitrogen and oxygen atoms in total. The SMILES string of the molecule is CCCC[C@@H](O)[C@@](C)(O)c1ccccc1. The first kappa shape index (κ1) is 12.2. The zero-order valence-electron chi connectivity index (χ0n) is 9.48. The van der Waals surface area contributed by atoms with Gasteiger partial charge < -0.3 is 10.2 Å². The molecule has 0 fully saturated rings. The maximum Gasteiger partial charge on any atom is 0.113 e. The number of unbranched alkanes of at least 4 members (excludes halogenated alkanes) is 1. The third-order valence-electron chi connectivity index (χ3n) is 2.84. The van der Waals surface area contributed by atoms with Gasteiger partial charge in [-0.05, 0) is 18.9 Å². The van der Waals surface area contributed by atoms with Crippen molar-refractivity contribution in [1.29, 1.82) is 0 Å². The van der Waals surface area contributed by atoms with Gasteiger partial charge in [-0.3, -0.25) is 0 Å². The Hall–Kier alpha value is -0.860. The van der Waals surface area contributed by atoms with Gasteiger partial charge in [-0.1, -0.05) is 50.1 Å². The summed E-state index contributed by atoms with van der Waals surface area (Å²) in [5, 5.41) is 20.1. The van der Waals surface area contributed by atoms with Gasteiger partial charge in [0.1, 0.15) is 5.60 Å². The average molecular weight is 208 g/mol. The lowest BCUT2D eigenvalue weighted by Gasteiger charge is -2.29. The van der Waals surface area contributed by atoms with Crippen molar-refractivity contribution < 1.29 is 10.2 Å². The van der Waals surface area contributed by atoms with Crippen LogP contribution in [0.4, 0.5) is 0 Å². The van der Waals surface area contributed by atoms with Crippen LogP contribution >= 0.6 is 0 Å². The van der Waals surface area contributed by atoms with E-state index in [-0.39, 0.29) is 0 Å². The highest BCUT2D eigenvalue weighted by Crippen LogP contribution is 2.27. The van der Waals surface area contributed by atoms with Gasteiger partial charge in [-0.25, -0.2) is 0 Å². The third-order valence-corrected chi connectivity index (χ3v) is 2.84. The minimum atomic E-state index is -1.14. The fourth-order valence-corrected chi connectivity index (χ4v) is 1.65. The van der Waals surface area contributed by atoms with Gasteiger partial charge in [0.2, 0.25) is 0 Å². The van der Waals surface area contributed by atoms with Crippen LogP contribution in [-0.4, -0.2) is 16.3 Å². The predicted octanol–water partition coefficient (Wildman–Crippen LogP) is 2.45. The molecule has 2 N–H and O–H groups in total. The van der Waals surface area contributed by atoms with E-state index in [9.17, 15) is 10.2 Å². The lowest BCUT2D eigenvalue weighted by Crippen LogP contribution is -2.36. The molecule has 0 bridgehead atoms. The Morgan fingerprint density at radius 1 is 1.27 bits per heavy atom.